The van der Waals surface area contributed by atoms with Crippen molar-refractivity contribution in [3.8, 4) is 5.75 Å². The van der Waals surface area contributed by atoms with Gasteiger partial charge in [0.25, 0.3) is 0 Å². The maximum absolute atomic E-state index is 13.5. The van der Waals surface area contributed by atoms with Crippen LogP contribution in [0.2, 0.25) is 0 Å². The minimum atomic E-state index is -1.51. The highest BCUT2D eigenvalue weighted by atomic mass is 19.2. The average Bonchev–Trinajstić information content (AvgIpc) is 3.39. The Bertz CT molecular complexity index is 830. The van der Waals surface area contributed by atoms with Gasteiger partial charge >= 0.3 is 0 Å². The minimum Gasteiger partial charge on any atom is -0.490 e. The first kappa shape index (κ1) is 16.8. The summed E-state index contributed by atoms with van der Waals surface area (Å²) in [7, 11) is 0. The smallest absolute Gasteiger partial charge is 0.150 e. The molecule has 0 amide bonds. The Morgan fingerprint density at radius 2 is 1.88 bits per heavy atom. The van der Waals surface area contributed by atoms with Gasteiger partial charge in [-0.25, -0.2) is 13.8 Å². The van der Waals surface area contributed by atoms with Gasteiger partial charge in [0.2, 0.25) is 0 Å². The SMILES string of the molecule is N=C(c1ccnc(N2C[C@H](F)[C@@H](F)C2)c1)c1cc(OC2CC2)ccc1N. The van der Waals surface area contributed by atoms with E-state index in [9.17, 15) is 8.78 Å². The Hall–Kier alpha value is -2.70. The van der Waals surface area contributed by atoms with Crippen LogP contribution in [0, 0.1) is 5.41 Å². The van der Waals surface area contributed by atoms with Crippen LogP contribution in [-0.2, 0) is 0 Å². The van der Waals surface area contributed by atoms with Crippen molar-refractivity contribution in [1.82, 2.24) is 4.98 Å². The topological polar surface area (TPSA) is 75.2 Å². The second-order valence-corrected chi connectivity index (χ2v) is 6.78. The quantitative estimate of drug-likeness (QED) is 0.636. The number of pyridine rings is 1. The highest BCUT2D eigenvalue weighted by Gasteiger charge is 2.33. The number of nitrogens with one attached hydrogen (secondary N) is 1. The highest BCUT2D eigenvalue weighted by Crippen LogP contribution is 2.30. The van der Waals surface area contributed by atoms with E-state index >= 15 is 0 Å². The molecule has 3 N–H and O–H groups in total. The second-order valence-electron chi connectivity index (χ2n) is 6.78. The molecule has 2 aliphatic rings. The minimum absolute atomic E-state index is 0.0300. The fraction of sp³-hybridized carbons (Fsp3) is 0.368. The lowest BCUT2D eigenvalue weighted by Crippen LogP contribution is -2.22. The van der Waals surface area contributed by atoms with Crippen LogP contribution in [0.4, 0.5) is 20.3 Å². The van der Waals surface area contributed by atoms with Gasteiger partial charge in [0.1, 0.15) is 11.6 Å². The number of hydrogen-bond acceptors (Lipinski definition) is 5. The lowest BCUT2D eigenvalue weighted by Gasteiger charge is -2.17. The summed E-state index contributed by atoms with van der Waals surface area (Å²) in [6.07, 6.45) is 0.875. The molecule has 7 heteroatoms. The number of nitrogens with zero attached hydrogens (tertiary/aromatic N) is 2. The van der Waals surface area contributed by atoms with E-state index < -0.39 is 12.3 Å². The van der Waals surface area contributed by atoms with E-state index in [0.717, 1.165) is 12.8 Å². The Kier molecular flexibility index (Phi) is 4.22. The number of nitrogen functional groups attached to an aromatic ring is 1. The van der Waals surface area contributed by atoms with Crippen molar-refractivity contribution in [3.05, 3.63) is 47.7 Å². The predicted octanol–water partition coefficient (Wildman–Crippen LogP) is 3.12. The van der Waals surface area contributed by atoms with Crippen LogP contribution in [-0.4, -0.2) is 42.2 Å². The molecule has 1 saturated heterocycles. The summed E-state index contributed by atoms with van der Waals surface area (Å²) in [5.74, 6) is 1.15. The number of benzene rings is 1. The molecule has 0 unspecified atom stereocenters. The third kappa shape index (κ3) is 3.34. The van der Waals surface area contributed by atoms with E-state index in [0.29, 0.717) is 28.4 Å². The van der Waals surface area contributed by atoms with E-state index in [1.165, 1.54) is 0 Å². The zero-order valence-electron chi connectivity index (χ0n) is 14.2. The Morgan fingerprint density at radius 3 is 2.58 bits per heavy atom. The first-order chi connectivity index (χ1) is 12.5. The molecule has 0 spiro atoms. The summed E-state index contributed by atoms with van der Waals surface area (Å²) in [4.78, 5) is 5.75. The van der Waals surface area contributed by atoms with Crippen molar-refractivity contribution in [3.63, 3.8) is 0 Å². The Labute approximate surface area is 150 Å². The van der Waals surface area contributed by atoms with Crippen molar-refractivity contribution in [2.75, 3.05) is 23.7 Å². The van der Waals surface area contributed by atoms with Crippen LogP contribution < -0.4 is 15.4 Å². The first-order valence-corrected chi connectivity index (χ1v) is 8.66. The molecule has 2 heterocycles. The molecule has 2 aromatic rings. The zero-order valence-corrected chi connectivity index (χ0v) is 14.2. The number of rotatable bonds is 5. The standard InChI is InChI=1S/C19H20F2N4O/c20-15-9-25(10-16(15)21)18-7-11(5-6-24-18)19(23)14-8-13(3-4-17(14)22)26-12-1-2-12/h3-8,12,15-16,23H,1-2,9-10,22H2/t15-,16-/m0/s1. The molecule has 4 rings (SSSR count). The molecule has 0 radical (unpaired) electrons. The summed E-state index contributed by atoms with van der Waals surface area (Å²) in [6.45, 7) is -0.0599. The van der Waals surface area contributed by atoms with Gasteiger partial charge in [0.15, 0.2) is 12.3 Å². The van der Waals surface area contributed by atoms with E-state index in [-0.39, 0.29) is 24.9 Å². The summed E-state index contributed by atoms with van der Waals surface area (Å²) >= 11 is 0. The summed E-state index contributed by atoms with van der Waals surface area (Å²) in [5, 5.41) is 8.52. The van der Waals surface area contributed by atoms with Crippen molar-refractivity contribution >= 4 is 17.2 Å². The highest BCUT2D eigenvalue weighted by molar-refractivity contribution is 6.14. The molecule has 26 heavy (non-hydrogen) atoms. The summed E-state index contributed by atoms with van der Waals surface area (Å²) < 4.78 is 32.7. The Morgan fingerprint density at radius 1 is 1.15 bits per heavy atom. The number of alkyl halides is 2. The molecule has 0 bridgehead atoms. The van der Waals surface area contributed by atoms with Crippen molar-refractivity contribution in [1.29, 1.82) is 5.41 Å². The van der Waals surface area contributed by atoms with Gasteiger partial charge in [-0.2, -0.15) is 0 Å². The fourth-order valence-corrected chi connectivity index (χ4v) is 3.02. The van der Waals surface area contributed by atoms with Crippen LogP contribution in [0.5, 0.6) is 5.75 Å². The lowest BCUT2D eigenvalue weighted by molar-refractivity contribution is 0.217. The fourth-order valence-electron chi connectivity index (χ4n) is 3.02. The molecule has 1 aromatic carbocycles. The van der Waals surface area contributed by atoms with Gasteiger partial charge in [0.05, 0.1) is 24.9 Å². The second kappa shape index (κ2) is 6.55. The molecule has 5 nitrogen and oxygen atoms in total. The molecule has 1 aliphatic heterocycles. The first-order valence-electron chi connectivity index (χ1n) is 8.66. The van der Waals surface area contributed by atoms with Gasteiger partial charge in [-0.1, -0.05) is 0 Å². The summed E-state index contributed by atoms with van der Waals surface area (Å²) in [6, 6.07) is 8.65. The van der Waals surface area contributed by atoms with Gasteiger partial charge in [-0.15, -0.1) is 0 Å². The number of ether oxygens (including phenoxy) is 1. The monoisotopic (exact) mass is 358 g/mol. The van der Waals surface area contributed by atoms with Gasteiger partial charge < -0.3 is 15.4 Å². The van der Waals surface area contributed by atoms with Crippen LogP contribution in [0.25, 0.3) is 0 Å². The van der Waals surface area contributed by atoms with Gasteiger partial charge in [-0.3, -0.25) is 5.41 Å². The molecule has 1 aliphatic carbocycles. The zero-order chi connectivity index (χ0) is 18.3. The molecule has 1 saturated carbocycles. The predicted molar refractivity (Wildman–Crippen MR) is 96.7 cm³/mol. The average molecular weight is 358 g/mol. The number of hydrogen-bond donors (Lipinski definition) is 2. The number of nitrogens with two attached hydrogens (primary N) is 1. The van der Waals surface area contributed by atoms with Crippen LogP contribution in [0.3, 0.4) is 0 Å². The van der Waals surface area contributed by atoms with Gasteiger partial charge in [0, 0.05) is 23.0 Å². The number of aromatic nitrogens is 1. The van der Waals surface area contributed by atoms with Crippen molar-refractivity contribution in [2.45, 2.75) is 31.3 Å². The van der Waals surface area contributed by atoms with Crippen LogP contribution >= 0.6 is 0 Å². The van der Waals surface area contributed by atoms with E-state index in [1.807, 2.05) is 0 Å². The third-order valence-corrected chi connectivity index (χ3v) is 4.66. The molecule has 1 aromatic heterocycles. The molecular weight excluding hydrogens is 338 g/mol. The lowest BCUT2D eigenvalue weighted by atomic mass is 10.0. The van der Waals surface area contributed by atoms with E-state index in [2.05, 4.69) is 4.98 Å². The normalized spacial score (nSPS) is 22.5. The molecular formula is C19H20F2N4O. The van der Waals surface area contributed by atoms with Crippen molar-refractivity contribution in [2.24, 2.45) is 0 Å². The number of halogens is 2. The van der Waals surface area contributed by atoms with E-state index in [4.69, 9.17) is 15.9 Å². The van der Waals surface area contributed by atoms with E-state index in [1.54, 1.807) is 41.4 Å². The maximum Gasteiger partial charge on any atom is 0.150 e. The Balaban J connectivity index is 1.59. The summed E-state index contributed by atoms with van der Waals surface area (Å²) in [5.41, 5.74) is 7.90. The van der Waals surface area contributed by atoms with Crippen LogP contribution in [0.1, 0.15) is 24.0 Å². The third-order valence-electron chi connectivity index (χ3n) is 4.66. The molecule has 2 fully saturated rings. The molecule has 2 atom stereocenters. The van der Waals surface area contributed by atoms with Gasteiger partial charge in [-0.05, 0) is 43.2 Å². The van der Waals surface area contributed by atoms with Crippen molar-refractivity contribution < 1.29 is 13.5 Å². The largest absolute Gasteiger partial charge is 0.490 e. The van der Waals surface area contributed by atoms with Crippen LogP contribution in [0.15, 0.2) is 36.5 Å². The molecule has 136 valence electrons. The maximum atomic E-state index is 13.5. The number of anilines is 2.